The molecule has 18 heavy (non-hydrogen) atoms. The summed E-state index contributed by atoms with van der Waals surface area (Å²) in [6.07, 6.45) is 0. The van der Waals surface area contributed by atoms with Gasteiger partial charge >= 0.3 is 0 Å². The fraction of sp³-hybridized carbons (Fsp3) is 0. The van der Waals surface area contributed by atoms with E-state index >= 15 is 0 Å². The van der Waals surface area contributed by atoms with E-state index in [4.69, 9.17) is 23.2 Å². The van der Waals surface area contributed by atoms with Crippen LogP contribution in [-0.2, 0) is 0 Å². The van der Waals surface area contributed by atoms with Gasteiger partial charge in [0.25, 0.3) is 0 Å². The van der Waals surface area contributed by atoms with E-state index in [1.165, 1.54) is 0 Å². The highest BCUT2D eigenvalue weighted by Crippen LogP contribution is 2.22. The number of thiocarbonyl (C=S) groups is 1. The fourth-order valence-electron chi connectivity index (χ4n) is 1.66. The van der Waals surface area contributed by atoms with Gasteiger partial charge in [0.2, 0.25) is 0 Å². The van der Waals surface area contributed by atoms with Crippen LogP contribution in [0, 0.1) is 11.3 Å². The maximum Gasteiger partial charge on any atom is 0.168 e. The number of nitriles is 1. The lowest BCUT2D eigenvalue weighted by atomic mass is 10.0. The van der Waals surface area contributed by atoms with Crippen molar-refractivity contribution >= 4 is 23.0 Å². The molecule has 0 aromatic heterocycles. The first-order valence-corrected chi connectivity index (χ1v) is 5.77. The summed E-state index contributed by atoms with van der Waals surface area (Å²) in [6, 6.07) is 17.3. The normalized spacial score (nSPS) is 9.50. The first kappa shape index (κ1) is 12.1. The van der Waals surface area contributed by atoms with Crippen LogP contribution in [0.2, 0.25) is 0 Å². The predicted molar refractivity (Wildman–Crippen MR) is 77.0 cm³/mol. The third kappa shape index (κ3) is 2.84. The van der Waals surface area contributed by atoms with Gasteiger partial charge in [-0.05, 0) is 47.6 Å². The van der Waals surface area contributed by atoms with Gasteiger partial charge in [0.1, 0.15) is 0 Å². The van der Waals surface area contributed by atoms with E-state index in [1.54, 1.807) is 6.07 Å². The van der Waals surface area contributed by atoms with E-state index in [9.17, 15) is 0 Å². The van der Waals surface area contributed by atoms with Gasteiger partial charge in [0.15, 0.2) is 5.11 Å². The number of hydrogen-bond acceptors (Lipinski definition) is 2. The van der Waals surface area contributed by atoms with Crippen molar-refractivity contribution < 1.29 is 0 Å². The molecule has 0 spiro atoms. The van der Waals surface area contributed by atoms with Gasteiger partial charge in [0.05, 0.1) is 11.6 Å². The Bertz CT molecular complexity index is 612. The molecule has 0 aliphatic carbocycles. The van der Waals surface area contributed by atoms with Crippen molar-refractivity contribution in [3.8, 4) is 17.2 Å². The van der Waals surface area contributed by atoms with Crippen LogP contribution in [0.25, 0.3) is 11.1 Å². The van der Waals surface area contributed by atoms with Crippen LogP contribution in [0.15, 0.2) is 48.5 Å². The second kappa shape index (κ2) is 5.30. The van der Waals surface area contributed by atoms with Crippen molar-refractivity contribution in [1.82, 2.24) is 0 Å². The molecule has 2 rings (SSSR count). The smallest absolute Gasteiger partial charge is 0.168 e. The quantitative estimate of drug-likeness (QED) is 0.808. The van der Waals surface area contributed by atoms with Crippen molar-refractivity contribution in [3.63, 3.8) is 0 Å². The molecule has 0 aliphatic rings. The molecule has 0 atom stereocenters. The van der Waals surface area contributed by atoms with E-state index in [2.05, 4.69) is 11.4 Å². The molecular formula is C14H11N3S. The van der Waals surface area contributed by atoms with Crippen molar-refractivity contribution in [2.45, 2.75) is 0 Å². The lowest BCUT2D eigenvalue weighted by Gasteiger charge is -2.06. The monoisotopic (exact) mass is 253 g/mol. The minimum Gasteiger partial charge on any atom is -0.376 e. The average Bonchev–Trinajstić information content (AvgIpc) is 2.39. The number of hydrogen-bond donors (Lipinski definition) is 2. The number of nitrogens with zero attached hydrogens (tertiary/aromatic N) is 1. The van der Waals surface area contributed by atoms with Crippen molar-refractivity contribution in [2.24, 2.45) is 5.73 Å². The zero-order valence-corrected chi connectivity index (χ0v) is 10.4. The van der Waals surface area contributed by atoms with E-state index in [1.807, 2.05) is 42.5 Å². The Morgan fingerprint density at radius 2 is 1.83 bits per heavy atom. The van der Waals surface area contributed by atoms with Gasteiger partial charge in [-0.15, -0.1) is 0 Å². The fourth-order valence-corrected chi connectivity index (χ4v) is 1.77. The number of anilines is 1. The molecule has 2 aromatic rings. The third-order valence-electron chi connectivity index (χ3n) is 2.48. The van der Waals surface area contributed by atoms with E-state index < -0.39 is 0 Å². The van der Waals surface area contributed by atoms with Crippen molar-refractivity contribution in [3.05, 3.63) is 54.1 Å². The number of nitrogens with one attached hydrogen (secondary N) is 1. The van der Waals surface area contributed by atoms with Gasteiger partial charge in [-0.1, -0.05) is 24.3 Å². The Hall–Kier alpha value is -2.38. The molecule has 3 N–H and O–H groups in total. The molecule has 0 aliphatic heterocycles. The molecular weight excluding hydrogens is 242 g/mol. The Kier molecular flexibility index (Phi) is 3.56. The maximum absolute atomic E-state index is 8.86. The SMILES string of the molecule is N#Cc1cccc(-c2ccc(NC(N)=S)cc2)c1. The third-order valence-corrected chi connectivity index (χ3v) is 2.58. The van der Waals surface area contributed by atoms with E-state index in [0.717, 1.165) is 16.8 Å². The molecule has 0 bridgehead atoms. The topological polar surface area (TPSA) is 61.8 Å². The molecule has 88 valence electrons. The van der Waals surface area contributed by atoms with Crippen LogP contribution >= 0.6 is 12.2 Å². The molecule has 0 radical (unpaired) electrons. The van der Waals surface area contributed by atoms with Crippen molar-refractivity contribution in [2.75, 3.05) is 5.32 Å². The molecule has 0 saturated heterocycles. The van der Waals surface area contributed by atoms with Crippen LogP contribution < -0.4 is 11.1 Å². The first-order valence-electron chi connectivity index (χ1n) is 5.36. The summed E-state index contributed by atoms with van der Waals surface area (Å²) in [5, 5.41) is 12.0. The van der Waals surface area contributed by atoms with Crippen LogP contribution in [0.5, 0.6) is 0 Å². The van der Waals surface area contributed by atoms with E-state index in [0.29, 0.717) is 5.56 Å². The summed E-state index contributed by atoms with van der Waals surface area (Å²) in [6.45, 7) is 0. The molecule has 0 saturated carbocycles. The number of benzene rings is 2. The Labute approximate surface area is 111 Å². The summed E-state index contributed by atoms with van der Waals surface area (Å²) in [7, 11) is 0. The Morgan fingerprint density at radius 1 is 1.11 bits per heavy atom. The lowest BCUT2D eigenvalue weighted by molar-refractivity contribution is 1.48. The standard InChI is InChI=1S/C14H11N3S/c15-9-10-2-1-3-12(8-10)11-4-6-13(7-5-11)17-14(16)18/h1-8H,(H3,16,17,18). The first-order chi connectivity index (χ1) is 8.69. The Morgan fingerprint density at radius 3 is 2.44 bits per heavy atom. The van der Waals surface area contributed by atoms with Crippen LogP contribution in [-0.4, -0.2) is 5.11 Å². The molecule has 2 aromatic carbocycles. The highest BCUT2D eigenvalue weighted by Gasteiger charge is 1.99. The van der Waals surface area contributed by atoms with Gasteiger partial charge in [0, 0.05) is 5.69 Å². The van der Waals surface area contributed by atoms with Crippen LogP contribution in [0.4, 0.5) is 5.69 Å². The predicted octanol–water partition coefficient (Wildman–Crippen LogP) is 2.88. The van der Waals surface area contributed by atoms with Gasteiger partial charge in [-0.2, -0.15) is 5.26 Å². The van der Waals surface area contributed by atoms with Gasteiger partial charge in [-0.25, -0.2) is 0 Å². The zero-order valence-electron chi connectivity index (χ0n) is 9.55. The van der Waals surface area contributed by atoms with Gasteiger partial charge < -0.3 is 11.1 Å². The summed E-state index contributed by atoms with van der Waals surface area (Å²) in [5.74, 6) is 0. The largest absolute Gasteiger partial charge is 0.376 e. The minimum atomic E-state index is 0.245. The van der Waals surface area contributed by atoms with Crippen LogP contribution in [0.3, 0.4) is 0 Å². The molecule has 0 unspecified atom stereocenters. The molecule has 4 heteroatoms. The second-order valence-electron chi connectivity index (χ2n) is 3.76. The lowest BCUT2D eigenvalue weighted by Crippen LogP contribution is -2.18. The summed E-state index contributed by atoms with van der Waals surface area (Å²) in [4.78, 5) is 0. The molecule has 3 nitrogen and oxygen atoms in total. The molecule has 0 heterocycles. The molecule has 0 amide bonds. The average molecular weight is 253 g/mol. The Balaban J connectivity index is 2.29. The highest BCUT2D eigenvalue weighted by molar-refractivity contribution is 7.80. The second-order valence-corrected chi connectivity index (χ2v) is 4.20. The highest BCUT2D eigenvalue weighted by atomic mass is 32.1. The van der Waals surface area contributed by atoms with Crippen molar-refractivity contribution in [1.29, 1.82) is 5.26 Å². The number of rotatable bonds is 2. The summed E-state index contributed by atoms with van der Waals surface area (Å²) in [5.41, 5.74) is 8.95. The zero-order chi connectivity index (χ0) is 13.0. The minimum absolute atomic E-state index is 0.245. The molecule has 0 fully saturated rings. The van der Waals surface area contributed by atoms with Crippen LogP contribution in [0.1, 0.15) is 5.56 Å². The maximum atomic E-state index is 8.86. The summed E-state index contributed by atoms with van der Waals surface area (Å²) < 4.78 is 0. The number of nitrogens with two attached hydrogens (primary N) is 1. The van der Waals surface area contributed by atoms with Gasteiger partial charge in [-0.3, -0.25) is 0 Å². The van der Waals surface area contributed by atoms with E-state index in [-0.39, 0.29) is 5.11 Å². The summed E-state index contributed by atoms with van der Waals surface area (Å²) >= 11 is 4.77.